The highest BCUT2D eigenvalue weighted by Crippen LogP contribution is 2.27. The van der Waals surface area contributed by atoms with Crippen LogP contribution < -0.4 is 15.5 Å². The summed E-state index contributed by atoms with van der Waals surface area (Å²) in [7, 11) is 0. The summed E-state index contributed by atoms with van der Waals surface area (Å²) in [6.45, 7) is 4.16. The Hall–Kier alpha value is -2.69. The third kappa shape index (κ3) is 4.05. The molecule has 0 aliphatic carbocycles. The Bertz CT molecular complexity index is 683. The lowest BCUT2D eigenvalue weighted by Crippen LogP contribution is -2.33. The fourth-order valence-corrected chi connectivity index (χ4v) is 3.54. The number of rotatable bonds is 5. The van der Waals surface area contributed by atoms with E-state index in [9.17, 15) is 9.59 Å². The molecule has 2 aliphatic heterocycles. The van der Waals surface area contributed by atoms with Gasteiger partial charge in [0.2, 0.25) is 11.8 Å². The van der Waals surface area contributed by atoms with Crippen molar-refractivity contribution in [3.63, 3.8) is 0 Å². The fourth-order valence-electron chi connectivity index (χ4n) is 3.54. The normalized spacial score (nSPS) is 25.5. The molecule has 25 heavy (non-hydrogen) atoms. The molecule has 3 heterocycles. The Labute approximate surface area is 146 Å². The number of hydrogen-bond acceptors (Lipinski definition) is 6. The van der Waals surface area contributed by atoms with E-state index < -0.39 is 0 Å². The Balaban J connectivity index is 1.48. The predicted molar refractivity (Wildman–Crippen MR) is 90.4 cm³/mol. The fraction of sp³-hybridized carbons (Fsp3) is 0.588. The average Bonchev–Trinajstić information content (AvgIpc) is 3.19. The van der Waals surface area contributed by atoms with E-state index in [1.54, 1.807) is 6.07 Å². The molecular formula is C17H22N6O2. The van der Waals surface area contributed by atoms with Crippen molar-refractivity contribution in [2.45, 2.75) is 32.2 Å². The number of anilines is 1. The minimum Gasteiger partial charge on any atom is -0.356 e. The topological polar surface area (TPSA) is 111 Å². The van der Waals surface area contributed by atoms with E-state index in [0.29, 0.717) is 30.7 Å². The quantitative estimate of drug-likeness (QED) is 0.791. The van der Waals surface area contributed by atoms with Crippen LogP contribution in [-0.2, 0) is 9.59 Å². The molecular weight excluding hydrogens is 320 g/mol. The van der Waals surface area contributed by atoms with Crippen LogP contribution in [0.2, 0.25) is 0 Å². The summed E-state index contributed by atoms with van der Waals surface area (Å²) >= 11 is 0. The van der Waals surface area contributed by atoms with Crippen LogP contribution in [0.4, 0.5) is 5.82 Å². The van der Waals surface area contributed by atoms with Crippen LogP contribution >= 0.6 is 0 Å². The molecule has 1 aromatic heterocycles. The van der Waals surface area contributed by atoms with Crippen molar-refractivity contribution in [3.8, 4) is 6.07 Å². The molecule has 2 aliphatic rings. The van der Waals surface area contributed by atoms with Crippen LogP contribution in [0.25, 0.3) is 0 Å². The first-order valence-electron chi connectivity index (χ1n) is 8.61. The molecule has 2 amide bonds. The summed E-state index contributed by atoms with van der Waals surface area (Å²) in [5.41, 5.74) is 0.301. The van der Waals surface area contributed by atoms with Gasteiger partial charge in [-0.05, 0) is 37.8 Å². The maximum atomic E-state index is 12.0. The largest absolute Gasteiger partial charge is 0.356 e. The molecule has 3 rings (SSSR count). The molecule has 2 saturated heterocycles. The van der Waals surface area contributed by atoms with Crippen LogP contribution in [0.15, 0.2) is 12.1 Å². The summed E-state index contributed by atoms with van der Waals surface area (Å²) in [6, 6.07) is 5.73. The lowest BCUT2D eigenvalue weighted by atomic mass is 10.0. The van der Waals surface area contributed by atoms with Crippen molar-refractivity contribution in [2.24, 2.45) is 11.8 Å². The maximum absolute atomic E-state index is 12.0. The zero-order valence-corrected chi connectivity index (χ0v) is 14.2. The molecule has 2 fully saturated rings. The summed E-state index contributed by atoms with van der Waals surface area (Å²) < 4.78 is 0. The molecule has 3 unspecified atom stereocenters. The smallest absolute Gasteiger partial charge is 0.223 e. The number of carbonyl (C=O) groups is 2. The standard InChI is InChI=1S/C17H22N6O2/c1-11-6-12(9-20-16(24)7-13-4-5-19-17(13)25)10-23(11)15-3-2-14(8-18)21-22-15/h2-3,11-13H,4-7,9-10H2,1H3,(H,19,25)(H,20,24). The van der Waals surface area contributed by atoms with Crippen molar-refractivity contribution in [3.05, 3.63) is 17.8 Å². The second-order valence-corrected chi connectivity index (χ2v) is 6.78. The van der Waals surface area contributed by atoms with Crippen molar-refractivity contribution in [1.82, 2.24) is 20.8 Å². The van der Waals surface area contributed by atoms with Crippen LogP contribution in [0.1, 0.15) is 31.9 Å². The van der Waals surface area contributed by atoms with E-state index in [1.165, 1.54) is 0 Å². The first-order chi connectivity index (χ1) is 12.1. The van der Waals surface area contributed by atoms with Crippen LogP contribution in [-0.4, -0.2) is 47.7 Å². The number of amides is 2. The Morgan fingerprint density at radius 3 is 2.96 bits per heavy atom. The van der Waals surface area contributed by atoms with Crippen molar-refractivity contribution < 1.29 is 9.59 Å². The molecule has 0 aromatic carbocycles. The molecule has 0 saturated carbocycles. The highest BCUT2D eigenvalue weighted by atomic mass is 16.2. The molecule has 2 N–H and O–H groups in total. The number of nitriles is 1. The number of carbonyl (C=O) groups excluding carboxylic acids is 2. The van der Waals surface area contributed by atoms with E-state index in [0.717, 1.165) is 25.2 Å². The third-order valence-electron chi connectivity index (χ3n) is 4.90. The van der Waals surface area contributed by atoms with Gasteiger partial charge in [0.05, 0.1) is 0 Å². The van der Waals surface area contributed by atoms with Gasteiger partial charge in [0.1, 0.15) is 6.07 Å². The number of aromatic nitrogens is 2. The minimum atomic E-state index is -0.187. The van der Waals surface area contributed by atoms with E-state index >= 15 is 0 Å². The molecule has 3 atom stereocenters. The Morgan fingerprint density at radius 2 is 2.32 bits per heavy atom. The lowest BCUT2D eigenvalue weighted by molar-refractivity contribution is -0.128. The average molecular weight is 342 g/mol. The SMILES string of the molecule is CC1CC(CNC(=O)CC2CCNC2=O)CN1c1ccc(C#N)nn1. The molecule has 1 aromatic rings. The number of nitrogens with zero attached hydrogens (tertiary/aromatic N) is 4. The summed E-state index contributed by atoms with van der Waals surface area (Å²) in [5.74, 6) is 0.811. The van der Waals surface area contributed by atoms with Gasteiger partial charge in [-0.15, -0.1) is 10.2 Å². The summed E-state index contributed by atoms with van der Waals surface area (Å²) in [4.78, 5) is 25.7. The zero-order chi connectivity index (χ0) is 17.8. The second kappa shape index (κ2) is 7.47. The van der Waals surface area contributed by atoms with Gasteiger partial charge >= 0.3 is 0 Å². The molecule has 0 bridgehead atoms. The van der Waals surface area contributed by atoms with Gasteiger partial charge in [0, 0.05) is 38.0 Å². The third-order valence-corrected chi connectivity index (χ3v) is 4.90. The highest BCUT2D eigenvalue weighted by molar-refractivity contribution is 5.87. The van der Waals surface area contributed by atoms with E-state index in [2.05, 4.69) is 32.7 Å². The molecule has 0 spiro atoms. The molecule has 0 radical (unpaired) electrons. The summed E-state index contributed by atoms with van der Waals surface area (Å²) in [6.07, 6.45) is 1.95. The van der Waals surface area contributed by atoms with Crippen LogP contribution in [0.5, 0.6) is 0 Å². The van der Waals surface area contributed by atoms with Gasteiger partial charge in [0.25, 0.3) is 0 Å². The van der Waals surface area contributed by atoms with Crippen LogP contribution in [0, 0.1) is 23.2 Å². The monoisotopic (exact) mass is 342 g/mol. The first-order valence-corrected chi connectivity index (χ1v) is 8.61. The van der Waals surface area contributed by atoms with Gasteiger partial charge in [-0.3, -0.25) is 9.59 Å². The van der Waals surface area contributed by atoms with E-state index in [-0.39, 0.29) is 24.2 Å². The van der Waals surface area contributed by atoms with E-state index in [4.69, 9.17) is 5.26 Å². The Morgan fingerprint density at radius 1 is 1.48 bits per heavy atom. The van der Waals surface area contributed by atoms with Crippen molar-refractivity contribution in [1.29, 1.82) is 5.26 Å². The molecule has 8 heteroatoms. The Kier molecular flexibility index (Phi) is 5.12. The van der Waals surface area contributed by atoms with Gasteiger partial charge in [-0.25, -0.2) is 0 Å². The van der Waals surface area contributed by atoms with Crippen molar-refractivity contribution in [2.75, 3.05) is 24.5 Å². The maximum Gasteiger partial charge on any atom is 0.223 e. The molecule has 132 valence electrons. The van der Waals surface area contributed by atoms with Crippen molar-refractivity contribution >= 4 is 17.6 Å². The highest BCUT2D eigenvalue weighted by Gasteiger charge is 2.31. The number of nitrogens with one attached hydrogen (secondary N) is 2. The number of hydrogen-bond donors (Lipinski definition) is 2. The van der Waals surface area contributed by atoms with Gasteiger partial charge in [0.15, 0.2) is 11.5 Å². The second-order valence-electron chi connectivity index (χ2n) is 6.78. The summed E-state index contributed by atoms with van der Waals surface area (Å²) in [5, 5.41) is 22.5. The lowest BCUT2D eigenvalue weighted by Gasteiger charge is -2.21. The minimum absolute atomic E-state index is 0.0183. The first kappa shape index (κ1) is 17.1. The van der Waals surface area contributed by atoms with Crippen LogP contribution in [0.3, 0.4) is 0 Å². The van der Waals surface area contributed by atoms with Gasteiger partial charge < -0.3 is 15.5 Å². The van der Waals surface area contributed by atoms with E-state index in [1.807, 2.05) is 12.1 Å². The molecule has 8 nitrogen and oxygen atoms in total. The van der Waals surface area contributed by atoms with Gasteiger partial charge in [-0.2, -0.15) is 5.26 Å². The van der Waals surface area contributed by atoms with Gasteiger partial charge in [-0.1, -0.05) is 0 Å². The predicted octanol–water partition coefficient (Wildman–Crippen LogP) is 0.205. The zero-order valence-electron chi connectivity index (χ0n) is 14.2.